The smallest absolute Gasteiger partial charge is 0.236 e. The Morgan fingerprint density at radius 2 is 1.84 bits per heavy atom. The molecule has 2 heterocycles. The summed E-state index contributed by atoms with van der Waals surface area (Å²) in [6.45, 7) is 3.26. The van der Waals surface area contributed by atoms with E-state index in [9.17, 15) is 4.79 Å². The third kappa shape index (κ3) is 3.12. The average Bonchev–Trinajstić information content (AvgIpc) is 2.63. The van der Waals surface area contributed by atoms with Gasteiger partial charge in [-0.15, -0.1) is 0 Å². The highest BCUT2D eigenvalue weighted by Crippen LogP contribution is 2.44. The van der Waals surface area contributed by atoms with Crippen molar-refractivity contribution in [2.24, 2.45) is 0 Å². The molecule has 0 radical (unpaired) electrons. The van der Waals surface area contributed by atoms with E-state index < -0.39 is 5.41 Å². The van der Waals surface area contributed by atoms with E-state index in [-0.39, 0.29) is 5.91 Å². The monoisotopic (exact) mass is 337 g/mol. The molecule has 1 aromatic carbocycles. The fourth-order valence-electron chi connectivity index (χ4n) is 3.64. The number of amides is 1. The highest BCUT2D eigenvalue weighted by Gasteiger charge is 2.45. The molecule has 2 fully saturated rings. The van der Waals surface area contributed by atoms with Gasteiger partial charge in [0, 0.05) is 13.1 Å². The number of hydrogen-bond donors (Lipinski definition) is 1. The molecule has 130 valence electrons. The number of pyridine rings is 1. The molecule has 1 aliphatic heterocycles. The van der Waals surface area contributed by atoms with Crippen molar-refractivity contribution in [1.82, 2.24) is 4.98 Å². The zero-order valence-corrected chi connectivity index (χ0v) is 14.3. The molecule has 0 bridgehead atoms. The van der Waals surface area contributed by atoms with Crippen molar-refractivity contribution in [2.45, 2.75) is 24.7 Å². The molecule has 5 heteroatoms. The Morgan fingerprint density at radius 3 is 2.44 bits per heavy atom. The number of hydrogen-bond acceptors (Lipinski definition) is 4. The number of ether oxygens (including phenoxy) is 1. The first-order valence-electron chi connectivity index (χ1n) is 8.94. The molecule has 1 aliphatic carbocycles. The highest BCUT2D eigenvalue weighted by atomic mass is 16.5. The van der Waals surface area contributed by atoms with Crippen LogP contribution in [0.2, 0.25) is 0 Å². The second-order valence-corrected chi connectivity index (χ2v) is 6.76. The van der Waals surface area contributed by atoms with E-state index >= 15 is 0 Å². The van der Waals surface area contributed by atoms with Gasteiger partial charge in [-0.25, -0.2) is 4.98 Å². The van der Waals surface area contributed by atoms with E-state index in [1.165, 1.54) is 0 Å². The minimum Gasteiger partial charge on any atom is -0.378 e. The Labute approximate surface area is 148 Å². The zero-order chi connectivity index (χ0) is 17.1. The summed E-state index contributed by atoms with van der Waals surface area (Å²) in [5.41, 5.74) is 1.78. The lowest BCUT2D eigenvalue weighted by atomic mass is 9.64. The van der Waals surface area contributed by atoms with Crippen molar-refractivity contribution in [3.05, 3.63) is 54.2 Å². The maximum Gasteiger partial charge on any atom is 0.236 e. The second kappa shape index (κ2) is 6.84. The van der Waals surface area contributed by atoms with E-state index in [2.05, 4.69) is 15.2 Å². The largest absolute Gasteiger partial charge is 0.378 e. The fraction of sp³-hybridized carbons (Fsp3) is 0.400. The normalized spacial score (nSPS) is 19.1. The van der Waals surface area contributed by atoms with E-state index in [1.54, 1.807) is 0 Å². The molecule has 0 atom stereocenters. The predicted molar refractivity (Wildman–Crippen MR) is 97.9 cm³/mol. The third-order valence-corrected chi connectivity index (χ3v) is 5.33. The first-order chi connectivity index (χ1) is 12.3. The number of carbonyl (C=O) groups is 1. The first kappa shape index (κ1) is 16.1. The van der Waals surface area contributed by atoms with Gasteiger partial charge in [-0.05, 0) is 30.5 Å². The van der Waals surface area contributed by atoms with Gasteiger partial charge in [-0.2, -0.15) is 0 Å². The molecule has 1 amide bonds. The molecule has 1 saturated carbocycles. The van der Waals surface area contributed by atoms with Crippen molar-refractivity contribution in [3.63, 3.8) is 0 Å². The van der Waals surface area contributed by atoms with Gasteiger partial charge < -0.3 is 15.0 Å². The number of benzene rings is 1. The zero-order valence-electron chi connectivity index (χ0n) is 14.3. The van der Waals surface area contributed by atoms with Crippen LogP contribution < -0.4 is 10.2 Å². The van der Waals surface area contributed by atoms with Crippen molar-refractivity contribution >= 4 is 17.4 Å². The van der Waals surface area contributed by atoms with Gasteiger partial charge in [0.1, 0.15) is 5.82 Å². The maximum atomic E-state index is 12.9. The summed E-state index contributed by atoms with van der Waals surface area (Å²) in [6.07, 6.45) is 4.71. The van der Waals surface area contributed by atoms with Crippen LogP contribution in [0.4, 0.5) is 11.5 Å². The Bertz CT molecular complexity index is 720. The quantitative estimate of drug-likeness (QED) is 0.932. The van der Waals surface area contributed by atoms with Crippen molar-refractivity contribution in [3.8, 4) is 0 Å². The van der Waals surface area contributed by atoms with E-state index in [4.69, 9.17) is 4.74 Å². The van der Waals surface area contributed by atoms with Crippen LogP contribution in [0.25, 0.3) is 0 Å². The van der Waals surface area contributed by atoms with Crippen LogP contribution in [0.3, 0.4) is 0 Å². The molecule has 0 spiro atoms. The van der Waals surface area contributed by atoms with Crippen LogP contribution in [-0.2, 0) is 14.9 Å². The van der Waals surface area contributed by atoms with Crippen molar-refractivity contribution < 1.29 is 9.53 Å². The average molecular weight is 337 g/mol. The summed E-state index contributed by atoms with van der Waals surface area (Å²) in [6, 6.07) is 14.0. The standard InChI is InChI=1S/C20H23N3O2/c24-19(20(9-4-10-20)16-5-2-1-3-6-16)22-18-8-7-17(15-21-18)23-11-13-25-14-12-23/h1-3,5-8,15H,4,9-14H2,(H,21,22,24). The Hall–Kier alpha value is -2.40. The summed E-state index contributed by atoms with van der Waals surface area (Å²) in [7, 11) is 0. The molecular formula is C20H23N3O2. The number of rotatable bonds is 4. The van der Waals surface area contributed by atoms with Gasteiger partial charge in [0.05, 0.1) is 30.5 Å². The molecule has 2 aromatic rings. The number of carbonyl (C=O) groups excluding carboxylic acids is 1. The molecule has 4 rings (SSSR count). The second-order valence-electron chi connectivity index (χ2n) is 6.76. The molecule has 1 N–H and O–H groups in total. The van der Waals surface area contributed by atoms with E-state index in [1.807, 2.05) is 48.7 Å². The van der Waals surface area contributed by atoms with Crippen LogP contribution in [-0.4, -0.2) is 37.2 Å². The van der Waals surface area contributed by atoms with E-state index in [0.29, 0.717) is 5.82 Å². The number of nitrogens with zero attached hydrogens (tertiary/aromatic N) is 2. The lowest BCUT2D eigenvalue weighted by molar-refractivity contribution is -0.124. The van der Waals surface area contributed by atoms with Gasteiger partial charge in [0.25, 0.3) is 0 Å². The summed E-state index contributed by atoms with van der Waals surface area (Å²) < 4.78 is 5.38. The van der Waals surface area contributed by atoms with Gasteiger partial charge in [0.15, 0.2) is 0 Å². The van der Waals surface area contributed by atoms with Crippen LogP contribution in [0.1, 0.15) is 24.8 Å². The van der Waals surface area contributed by atoms with E-state index in [0.717, 1.165) is 56.8 Å². The molecule has 25 heavy (non-hydrogen) atoms. The molecule has 2 aliphatic rings. The third-order valence-electron chi connectivity index (χ3n) is 5.33. The fourth-order valence-corrected chi connectivity index (χ4v) is 3.64. The molecular weight excluding hydrogens is 314 g/mol. The highest BCUT2D eigenvalue weighted by molar-refractivity contribution is 5.99. The number of nitrogens with one attached hydrogen (secondary N) is 1. The minimum absolute atomic E-state index is 0.0524. The molecule has 0 unspecified atom stereocenters. The Morgan fingerprint density at radius 1 is 1.08 bits per heavy atom. The number of morpholine rings is 1. The van der Waals surface area contributed by atoms with Gasteiger partial charge in [0.2, 0.25) is 5.91 Å². The molecule has 1 aromatic heterocycles. The Balaban J connectivity index is 1.47. The van der Waals surface area contributed by atoms with Crippen LogP contribution in [0, 0.1) is 0 Å². The van der Waals surface area contributed by atoms with Gasteiger partial charge >= 0.3 is 0 Å². The Kier molecular flexibility index (Phi) is 4.40. The first-order valence-corrected chi connectivity index (χ1v) is 8.94. The van der Waals surface area contributed by atoms with Gasteiger partial charge in [-0.3, -0.25) is 4.79 Å². The lowest BCUT2D eigenvalue weighted by Crippen LogP contribution is -2.46. The van der Waals surface area contributed by atoms with Crippen LogP contribution in [0.5, 0.6) is 0 Å². The van der Waals surface area contributed by atoms with Crippen molar-refractivity contribution in [1.29, 1.82) is 0 Å². The number of anilines is 2. The predicted octanol–water partition coefficient (Wildman–Crippen LogP) is 2.98. The van der Waals surface area contributed by atoms with Crippen molar-refractivity contribution in [2.75, 3.05) is 36.5 Å². The topological polar surface area (TPSA) is 54.5 Å². The SMILES string of the molecule is O=C(Nc1ccc(N2CCOCC2)cn1)C1(c2ccccc2)CCC1. The summed E-state index contributed by atoms with van der Waals surface area (Å²) >= 11 is 0. The number of aromatic nitrogens is 1. The summed E-state index contributed by atoms with van der Waals surface area (Å²) in [4.78, 5) is 19.6. The van der Waals surface area contributed by atoms with Crippen LogP contribution >= 0.6 is 0 Å². The molecule has 5 nitrogen and oxygen atoms in total. The molecule has 1 saturated heterocycles. The summed E-state index contributed by atoms with van der Waals surface area (Å²) in [5.74, 6) is 0.667. The van der Waals surface area contributed by atoms with Gasteiger partial charge in [-0.1, -0.05) is 36.8 Å². The minimum atomic E-state index is -0.397. The summed E-state index contributed by atoms with van der Waals surface area (Å²) in [5, 5.41) is 3.02. The lowest BCUT2D eigenvalue weighted by Gasteiger charge is -2.40. The maximum absolute atomic E-state index is 12.9. The van der Waals surface area contributed by atoms with Crippen LogP contribution in [0.15, 0.2) is 48.7 Å².